The van der Waals surface area contributed by atoms with Gasteiger partial charge >= 0.3 is 5.97 Å². The first-order valence-electron chi connectivity index (χ1n) is 14.1. The van der Waals surface area contributed by atoms with Crippen molar-refractivity contribution in [3.8, 4) is 0 Å². The van der Waals surface area contributed by atoms with Crippen LogP contribution in [0.2, 0.25) is 0 Å². The molecule has 1 aliphatic heterocycles. The summed E-state index contributed by atoms with van der Waals surface area (Å²) in [5.41, 5.74) is 1.89. The second-order valence-corrected chi connectivity index (χ2v) is 13.6. The molecule has 0 saturated carbocycles. The highest BCUT2D eigenvalue weighted by molar-refractivity contribution is 8.04. The van der Waals surface area contributed by atoms with Gasteiger partial charge in [-0.2, -0.15) is 0 Å². The van der Waals surface area contributed by atoms with Crippen molar-refractivity contribution in [3.05, 3.63) is 65.8 Å². The zero-order valence-corrected chi connectivity index (χ0v) is 26.1. The zero-order chi connectivity index (χ0) is 32.8. The van der Waals surface area contributed by atoms with E-state index in [0.29, 0.717) is 4.90 Å². The summed E-state index contributed by atoms with van der Waals surface area (Å²) in [4.78, 5) is 78.8. The Hall–Kier alpha value is -4.23. The molecule has 2 N–H and O–H groups in total. The van der Waals surface area contributed by atoms with Crippen molar-refractivity contribution in [2.45, 2.75) is 53.1 Å². The van der Waals surface area contributed by atoms with Gasteiger partial charge in [0.1, 0.15) is 18.1 Å². The number of nitrogens with zero attached hydrogens (tertiary/aromatic N) is 1. The average Bonchev–Trinajstić information content (AvgIpc) is 3.18. The summed E-state index contributed by atoms with van der Waals surface area (Å²) >= 11 is 0. The lowest BCUT2D eigenvalue weighted by atomic mass is 9.82. The molecule has 0 bridgehead atoms. The van der Waals surface area contributed by atoms with Crippen LogP contribution in [0.3, 0.4) is 0 Å². The molecule has 1 heterocycles. The van der Waals surface area contributed by atoms with E-state index in [-0.39, 0.29) is 24.3 Å². The van der Waals surface area contributed by atoms with E-state index in [1.165, 1.54) is 12.2 Å². The summed E-state index contributed by atoms with van der Waals surface area (Å²) in [5, 5.41) is -1.59. The van der Waals surface area contributed by atoms with Gasteiger partial charge in [-0.05, 0) is 51.2 Å². The Morgan fingerprint density at radius 1 is 1.05 bits per heavy atom. The first-order chi connectivity index (χ1) is 20.5. The Morgan fingerprint density at radius 3 is 2.30 bits per heavy atom. The Kier molecular flexibility index (Phi) is 10.9. The molecule has 3 amide bonds. The van der Waals surface area contributed by atoms with Crippen molar-refractivity contribution in [1.29, 1.82) is 0 Å². The third-order valence-electron chi connectivity index (χ3n) is 6.79. The standard InChI is InChI=1S/C31H37N3O9S/c1-19(2)17-23(21(30(40)43-31(3,4)5)14-9-13-20-11-7-6-8-12-20)27(37)32-33-44(41,42)25(36)18-34-28(38)22-15-10-16-24(35)26(22)29(34)39/h6-13,15-16,19,21,23,26,33H,14,17-18H2,1-5H3,(H,32,37)/b13-9+/t21-,23+,26?/m0/s1. The number of carbonyl (C=O) groups excluding carboxylic acids is 6. The Labute approximate surface area is 256 Å². The number of likely N-dealkylation sites (tertiary alicyclic amines) is 1. The molecule has 3 atom stereocenters. The summed E-state index contributed by atoms with van der Waals surface area (Å²) < 4.78 is 31.1. The van der Waals surface area contributed by atoms with Crippen molar-refractivity contribution in [2.75, 3.05) is 6.54 Å². The molecular formula is C31H37N3O9S. The van der Waals surface area contributed by atoms with Crippen LogP contribution in [0, 0.1) is 23.7 Å². The zero-order valence-electron chi connectivity index (χ0n) is 25.2. The minimum atomic E-state index is -4.94. The van der Waals surface area contributed by atoms with Crippen molar-refractivity contribution in [2.24, 2.45) is 23.7 Å². The van der Waals surface area contributed by atoms with Gasteiger partial charge in [-0.1, -0.05) is 68.5 Å². The molecule has 1 aromatic rings. The minimum absolute atomic E-state index is 0.0886. The summed E-state index contributed by atoms with van der Waals surface area (Å²) in [6.45, 7) is 7.56. The van der Waals surface area contributed by atoms with Crippen LogP contribution in [0.4, 0.5) is 0 Å². The number of fused-ring (bicyclic) bond motifs is 1. The van der Waals surface area contributed by atoms with E-state index >= 15 is 0 Å². The predicted octanol–water partition coefficient (Wildman–Crippen LogP) is 2.24. The summed E-state index contributed by atoms with van der Waals surface area (Å²) in [7, 11) is -4.94. The van der Waals surface area contributed by atoms with Gasteiger partial charge < -0.3 is 4.74 Å². The highest BCUT2D eigenvalue weighted by atomic mass is 32.2. The van der Waals surface area contributed by atoms with Crippen LogP contribution in [0.1, 0.15) is 53.0 Å². The van der Waals surface area contributed by atoms with Crippen molar-refractivity contribution < 1.29 is 41.9 Å². The monoisotopic (exact) mass is 627 g/mol. The van der Waals surface area contributed by atoms with Gasteiger partial charge in [0.15, 0.2) is 5.78 Å². The summed E-state index contributed by atoms with van der Waals surface area (Å²) in [6.07, 6.45) is 7.45. The van der Waals surface area contributed by atoms with Crippen LogP contribution in [0.5, 0.6) is 0 Å². The molecule has 0 aromatic heterocycles. The van der Waals surface area contributed by atoms with Crippen LogP contribution in [-0.4, -0.2) is 60.1 Å². The molecule has 1 fully saturated rings. The quantitative estimate of drug-likeness (QED) is 0.153. The normalized spacial score (nSPS) is 18.3. The first kappa shape index (κ1) is 34.3. The summed E-state index contributed by atoms with van der Waals surface area (Å²) in [6, 6.07) is 9.30. The number of benzene rings is 1. The van der Waals surface area contributed by atoms with E-state index in [9.17, 15) is 37.2 Å². The topological polar surface area (TPSA) is 173 Å². The molecule has 2 aliphatic rings. The number of hydrogen-bond donors (Lipinski definition) is 2. The second-order valence-electron chi connectivity index (χ2n) is 11.9. The van der Waals surface area contributed by atoms with E-state index < -0.39 is 74.5 Å². The number of nitrogens with one attached hydrogen (secondary N) is 2. The third kappa shape index (κ3) is 8.66. The van der Waals surface area contributed by atoms with E-state index in [2.05, 4.69) is 0 Å². The van der Waals surface area contributed by atoms with E-state index in [1.807, 2.05) is 49.6 Å². The SMILES string of the molecule is CC(C)C[C@@H](C(=O)NNS(=O)(=O)C(=O)CN1C(=O)C2=CC=CC(=O)C2C1=O)[C@H](C/C=C/c1ccccc1)C(=O)OC(C)(C)C. The average molecular weight is 628 g/mol. The Balaban J connectivity index is 1.76. The van der Waals surface area contributed by atoms with Gasteiger partial charge in [-0.25, -0.2) is 8.42 Å². The van der Waals surface area contributed by atoms with Crippen LogP contribution >= 0.6 is 0 Å². The van der Waals surface area contributed by atoms with Crippen LogP contribution in [-0.2, 0) is 43.5 Å². The number of hydrogen-bond acceptors (Lipinski definition) is 9. The lowest BCUT2D eigenvalue weighted by molar-refractivity contribution is -0.164. The van der Waals surface area contributed by atoms with E-state index in [4.69, 9.17) is 4.74 Å². The third-order valence-corrected chi connectivity index (χ3v) is 7.89. The lowest BCUT2D eigenvalue weighted by Gasteiger charge is -2.29. The maximum atomic E-state index is 13.4. The fourth-order valence-corrected chi connectivity index (χ4v) is 5.41. The van der Waals surface area contributed by atoms with E-state index in [1.54, 1.807) is 37.8 Å². The van der Waals surface area contributed by atoms with Crippen LogP contribution in [0.25, 0.3) is 6.08 Å². The van der Waals surface area contributed by atoms with Gasteiger partial charge in [-0.15, -0.1) is 4.83 Å². The molecule has 236 valence electrons. The molecule has 3 rings (SSSR count). The highest BCUT2D eigenvalue weighted by Gasteiger charge is 2.48. The van der Waals surface area contributed by atoms with Crippen LogP contribution < -0.4 is 10.3 Å². The Bertz CT molecular complexity index is 1520. The number of ether oxygens (including phenoxy) is 1. The number of rotatable bonds is 12. The fraction of sp³-hybridized carbons (Fsp3) is 0.419. The molecule has 1 unspecified atom stereocenters. The molecule has 44 heavy (non-hydrogen) atoms. The smallest absolute Gasteiger partial charge is 0.310 e. The van der Waals surface area contributed by atoms with Gasteiger partial charge in [0.25, 0.3) is 21.0 Å². The number of allylic oxidation sites excluding steroid dienone is 4. The molecule has 1 aliphatic carbocycles. The number of amides is 3. The van der Waals surface area contributed by atoms with Crippen LogP contribution in [0.15, 0.2) is 60.2 Å². The summed E-state index contributed by atoms with van der Waals surface area (Å²) in [5.74, 6) is -7.71. The molecule has 0 spiro atoms. The van der Waals surface area contributed by atoms with Crippen molar-refractivity contribution in [3.63, 3.8) is 0 Å². The minimum Gasteiger partial charge on any atom is -0.460 e. The number of imide groups is 1. The first-order valence-corrected chi connectivity index (χ1v) is 15.6. The maximum Gasteiger partial charge on any atom is 0.310 e. The number of hydrazine groups is 1. The van der Waals surface area contributed by atoms with E-state index in [0.717, 1.165) is 11.6 Å². The maximum absolute atomic E-state index is 13.4. The second kappa shape index (κ2) is 14.0. The predicted molar refractivity (Wildman–Crippen MR) is 160 cm³/mol. The molecule has 12 nitrogen and oxygen atoms in total. The molecule has 0 radical (unpaired) electrons. The van der Waals surface area contributed by atoms with Crippen molar-refractivity contribution in [1.82, 2.24) is 15.2 Å². The van der Waals surface area contributed by atoms with Gasteiger partial charge in [0, 0.05) is 5.57 Å². The highest BCUT2D eigenvalue weighted by Crippen LogP contribution is 2.30. The van der Waals surface area contributed by atoms with Gasteiger partial charge in [0.2, 0.25) is 11.8 Å². The largest absolute Gasteiger partial charge is 0.460 e. The molecular weight excluding hydrogens is 590 g/mol. The number of ketones is 1. The van der Waals surface area contributed by atoms with Gasteiger partial charge in [0.05, 0.1) is 11.8 Å². The lowest BCUT2D eigenvalue weighted by Crippen LogP contribution is -2.51. The van der Waals surface area contributed by atoms with Crippen molar-refractivity contribution >= 4 is 50.7 Å². The molecule has 13 heteroatoms. The number of carbonyl (C=O) groups is 6. The number of sulfonamides is 1. The fourth-order valence-electron chi connectivity index (χ4n) is 4.76. The van der Waals surface area contributed by atoms with Gasteiger partial charge in [-0.3, -0.25) is 39.1 Å². The molecule has 1 saturated heterocycles. The molecule has 1 aromatic carbocycles. The Morgan fingerprint density at radius 2 is 1.70 bits per heavy atom. The number of esters is 1.